The Labute approximate surface area is 360 Å². The Morgan fingerprint density at radius 2 is 1.72 bits per heavy atom. The summed E-state index contributed by atoms with van der Waals surface area (Å²) in [6.45, 7) is 9.51. The zero-order valence-electron chi connectivity index (χ0n) is 35.3. The zero-order valence-corrected chi connectivity index (χ0v) is 37.8. The van der Waals surface area contributed by atoms with E-state index in [4.69, 9.17) is 14.8 Å². The van der Waals surface area contributed by atoms with Crippen LogP contribution in [0.4, 0.5) is 8.78 Å². The second-order valence-corrected chi connectivity index (χ2v) is 22.3. The molecule has 322 valence electrons. The van der Waals surface area contributed by atoms with Crippen molar-refractivity contribution in [1.29, 1.82) is 0 Å². The normalized spacial score (nSPS) is 18.8. The molecule has 15 heteroatoms. The minimum absolute atomic E-state index is 0.0267. The highest BCUT2D eigenvalue weighted by molar-refractivity contribution is 7.99. The van der Waals surface area contributed by atoms with Crippen LogP contribution in [0, 0.1) is 29.9 Å². The van der Waals surface area contributed by atoms with Crippen LogP contribution in [-0.4, -0.2) is 60.2 Å². The minimum Gasteiger partial charge on any atom is -0.469 e. The van der Waals surface area contributed by atoms with Crippen LogP contribution in [-0.2, 0) is 54.7 Å². The minimum atomic E-state index is -4.14. The predicted octanol–water partition coefficient (Wildman–Crippen LogP) is 9.24. The number of aromatic nitrogens is 4. The van der Waals surface area contributed by atoms with Crippen LogP contribution >= 0.6 is 11.8 Å². The number of carbonyl (C=O) groups is 1. The van der Waals surface area contributed by atoms with Gasteiger partial charge in [0.05, 0.1) is 50.8 Å². The lowest BCUT2D eigenvalue weighted by Gasteiger charge is -2.31. The van der Waals surface area contributed by atoms with Crippen LogP contribution < -0.4 is 0 Å². The maximum atomic E-state index is 16.6. The number of sulfone groups is 1. The van der Waals surface area contributed by atoms with E-state index in [0.29, 0.717) is 47.4 Å². The monoisotopic (exact) mass is 888 g/mol. The third-order valence-electron chi connectivity index (χ3n) is 11.7. The SMILES string of the molecule is COC(=O)[C@@H](C)Cc1cccc([C@@]2(C)CCCC(C)(C)CS(=O)(=O)CCc3c(c(F)cc4c3ccn4S(=O)(=O)c3ccc(C)cc3)Sc3ccc(F)c(c3)-c3nc2nn3C)c1. The van der Waals surface area contributed by atoms with Crippen LogP contribution in [0.1, 0.15) is 75.0 Å². The Kier molecular flexibility index (Phi) is 12.2. The van der Waals surface area contributed by atoms with Gasteiger partial charge in [0.25, 0.3) is 10.0 Å². The third-order valence-corrected chi connectivity index (χ3v) is 16.6. The van der Waals surface area contributed by atoms with Gasteiger partial charge in [0.1, 0.15) is 11.6 Å². The van der Waals surface area contributed by atoms with E-state index >= 15 is 8.78 Å². The molecule has 0 fully saturated rings. The first-order valence-corrected chi connectivity index (χ1v) is 24.2. The van der Waals surface area contributed by atoms with Crippen LogP contribution in [0.25, 0.3) is 22.3 Å². The van der Waals surface area contributed by atoms with E-state index in [2.05, 4.69) is 0 Å². The van der Waals surface area contributed by atoms with Gasteiger partial charge in [-0.25, -0.2) is 39.3 Å². The second-order valence-electron chi connectivity index (χ2n) is 17.2. The Bertz CT molecular complexity index is 2870. The molecule has 6 aromatic rings. The van der Waals surface area contributed by atoms with Crippen molar-refractivity contribution >= 4 is 48.5 Å². The number of fused-ring (bicyclic) bond motifs is 8. The number of nitrogens with zero attached hydrogens (tertiary/aromatic N) is 4. The molecule has 1 aliphatic rings. The van der Waals surface area contributed by atoms with Gasteiger partial charge in [-0.1, -0.05) is 80.9 Å². The number of carbonyl (C=O) groups excluding carboxylic acids is 1. The molecule has 0 amide bonds. The summed E-state index contributed by atoms with van der Waals surface area (Å²) in [7, 11) is -4.83. The van der Waals surface area contributed by atoms with Gasteiger partial charge in [-0.05, 0) is 98.0 Å². The molecule has 7 rings (SSSR count). The van der Waals surface area contributed by atoms with Gasteiger partial charge in [-0.15, -0.1) is 0 Å². The quantitative estimate of drug-likeness (QED) is 0.150. The van der Waals surface area contributed by atoms with E-state index in [1.807, 2.05) is 58.9 Å². The topological polar surface area (TPSA) is 130 Å². The van der Waals surface area contributed by atoms with Gasteiger partial charge < -0.3 is 4.74 Å². The van der Waals surface area contributed by atoms with E-state index in [9.17, 15) is 21.6 Å². The van der Waals surface area contributed by atoms with Gasteiger partial charge in [0.15, 0.2) is 21.5 Å². The molecule has 61 heavy (non-hydrogen) atoms. The number of hydrogen-bond donors (Lipinski definition) is 0. The van der Waals surface area contributed by atoms with Gasteiger partial charge >= 0.3 is 5.97 Å². The highest BCUT2D eigenvalue weighted by atomic mass is 32.2. The predicted molar refractivity (Wildman–Crippen MR) is 234 cm³/mol. The van der Waals surface area contributed by atoms with Crippen LogP contribution in [0.5, 0.6) is 0 Å². The Morgan fingerprint density at radius 1 is 0.984 bits per heavy atom. The fraction of sp³-hybridized carbons (Fsp3) is 0.370. The fourth-order valence-electron chi connectivity index (χ4n) is 8.36. The van der Waals surface area contributed by atoms with Crippen LogP contribution in [0.15, 0.2) is 99.7 Å². The van der Waals surface area contributed by atoms with Gasteiger partial charge in [-0.2, -0.15) is 5.10 Å². The summed E-state index contributed by atoms with van der Waals surface area (Å²) >= 11 is 1.01. The molecule has 0 aliphatic carbocycles. The van der Waals surface area contributed by atoms with Crippen molar-refractivity contribution < 1.29 is 35.1 Å². The van der Waals surface area contributed by atoms with Crippen molar-refractivity contribution in [2.75, 3.05) is 18.6 Å². The number of aryl methyl sites for hydroxylation is 3. The summed E-state index contributed by atoms with van der Waals surface area (Å²) in [5, 5.41) is 5.26. The number of hydrogen-bond acceptors (Lipinski definition) is 9. The van der Waals surface area contributed by atoms with Crippen molar-refractivity contribution in [2.24, 2.45) is 18.4 Å². The molecule has 2 aromatic heterocycles. The first kappa shape index (κ1) is 44.2. The molecule has 0 saturated carbocycles. The lowest BCUT2D eigenvalue weighted by molar-refractivity contribution is -0.144. The molecular formula is C46H50F2N4O6S3. The Morgan fingerprint density at radius 3 is 2.44 bits per heavy atom. The lowest BCUT2D eigenvalue weighted by atomic mass is 9.75. The molecule has 4 aromatic carbocycles. The van der Waals surface area contributed by atoms with Gasteiger partial charge in [0.2, 0.25) is 0 Å². The highest BCUT2D eigenvalue weighted by Crippen LogP contribution is 2.42. The molecule has 4 bridgehead atoms. The molecule has 0 radical (unpaired) electrons. The summed E-state index contributed by atoms with van der Waals surface area (Å²) in [5.41, 5.74) is 1.78. The van der Waals surface area contributed by atoms with E-state index in [1.54, 1.807) is 31.3 Å². The molecule has 2 atom stereocenters. The largest absolute Gasteiger partial charge is 0.469 e. The number of halogens is 2. The molecule has 10 nitrogen and oxygen atoms in total. The second kappa shape index (κ2) is 16.8. The molecule has 0 N–H and O–H groups in total. The summed E-state index contributed by atoms with van der Waals surface area (Å²) in [6.07, 6.45) is 3.37. The number of benzene rings is 4. The standard InChI is InChI=1S/C46H50F2N4O6S3/c1-29-12-15-34(16-13-29)61(56,57)52-22-18-35-36-19-23-60(54,55)28-45(3,4)20-9-21-46(5,32-11-8-10-31(25-32)24-30(2)43(53)58-7)44-49-42(51(6)50-44)37-26-33(14-17-38(37)47)59-41(36)39(48)27-40(35)52/h8,10-18,22,25-27,30H,9,19-21,23-24,28H2,1-7H3/t30-,46+/m0/s1. The van der Waals surface area contributed by atoms with Crippen molar-refractivity contribution in [2.45, 2.75) is 86.8 Å². The average Bonchev–Trinajstić information content (AvgIpc) is 3.81. The van der Waals surface area contributed by atoms with E-state index < -0.39 is 42.3 Å². The maximum Gasteiger partial charge on any atom is 0.308 e. The smallest absolute Gasteiger partial charge is 0.308 e. The number of methoxy groups -OCH3 is 1. The average molecular weight is 889 g/mol. The Hall–Kier alpha value is -4.86. The van der Waals surface area contributed by atoms with E-state index in [1.165, 1.54) is 42.3 Å². The van der Waals surface area contributed by atoms with Gasteiger partial charge in [0, 0.05) is 29.6 Å². The van der Waals surface area contributed by atoms with Crippen molar-refractivity contribution in [1.82, 2.24) is 18.7 Å². The first-order valence-electron chi connectivity index (χ1n) is 20.1. The molecule has 0 unspecified atom stereocenters. The van der Waals surface area contributed by atoms with Crippen molar-refractivity contribution in [3.05, 3.63) is 125 Å². The maximum absolute atomic E-state index is 16.6. The van der Waals surface area contributed by atoms with Crippen LogP contribution in [0.2, 0.25) is 0 Å². The zero-order chi connectivity index (χ0) is 44.1. The first-order chi connectivity index (χ1) is 28.7. The van der Waals surface area contributed by atoms with Crippen LogP contribution in [0.3, 0.4) is 0 Å². The fourth-order valence-corrected chi connectivity index (χ4v) is 12.7. The number of rotatable bonds is 6. The molecule has 3 heterocycles. The molecule has 0 spiro atoms. The number of esters is 1. The summed E-state index contributed by atoms with van der Waals surface area (Å²) < 4.78 is 95.9. The highest BCUT2D eigenvalue weighted by Gasteiger charge is 2.36. The van der Waals surface area contributed by atoms with Crippen molar-refractivity contribution in [3.8, 4) is 11.4 Å². The summed E-state index contributed by atoms with van der Waals surface area (Å²) in [6, 6.07) is 21.3. The number of ether oxygens (including phenoxy) is 1. The molecule has 0 saturated heterocycles. The molecule has 1 aliphatic heterocycles. The van der Waals surface area contributed by atoms with Crippen molar-refractivity contribution in [3.63, 3.8) is 0 Å². The third kappa shape index (κ3) is 9.05. The van der Waals surface area contributed by atoms with Gasteiger partial charge in [-0.3, -0.25) is 4.79 Å². The lowest BCUT2D eigenvalue weighted by Crippen LogP contribution is -2.29. The van der Waals surface area contributed by atoms with E-state index in [0.717, 1.165) is 38.5 Å². The van der Waals surface area contributed by atoms with E-state index in [-0.39, 0.29) is 56.5 Å². The summed E-state index contributed by atoms with van der Waals surface area (Å²) in [4.78, 5) is 17.9. The molecular weight excluding hydrogens is 839 g/mol. The Balaban J connectivity index is 1.36. The summed E-state index contributed by atoms with van der Waals surface area (Å²) in [5.74, 6) is -1.73.